The first-order valence-corrected chi connectivity index (χ1v) is 11.7. The molecule has 1 aliphatic carbocycles. The Morgan fingerprint density at radius 3 is 3.00 bits per heavy atom. The zero-order chi connectivity index (χ0) is 20.8. The Morgan fingerprint density at radius 1 is 1.06 bits per heavy atom. The number of aryl methyl sites for hydroxylation is 1. The molecule has 2 saturated heterocycles. The van der Waals surface area contributed by atoms with E-state index in [1.54, 1.807) is 0 Å². The van der Waals surface area contributed by atoms with E-state index < -0.39 is 0 Å². The maximum absolute atomic E-state index is 4.95. The van der Waals surface area contributed by atoms with Gasteiger partial charge >= 0.3 is 0 Å². The van der Waals surface area contributed by atoms with Gasteiger partial charge in [0.1, 0.15) is 5.65 Å². The number of fused-ring (bicyclic) bond motifs is 3. The van der Waals surface area contributed by atoms with Crippen molar-refractivity contribution in [3.8, 4) is 0 Å². The molecule has 2 aliphatic heterocycles. The highest BCUT2D eigenvalue weighted by atomic mass is 15.4. The third-order valence-corrected chi connectivity index (χ3v) is 7.39. The van der Waals surface area contributed by atoms with Crippen LogP contribution in [0.25, 0.3) is 5.65 Å². The number of hydrogen-bond donors (Lipinski definition) is 0. The number of nitrogens with zero attached hydrogens (tertiary/aromatic N) is 7. The molecular formula is C24H31N7. The first kappa shape index (κ1) is 19.2. The van der Waals surface area contributed by atoms with Crippen molar-refractivity contribution >= 4 is 11.6 Å². The highest BCUT2D eigenvalue weighted by Gasteiger charge is 2.32. The fourth-order valence-electron chi connectivity index (χ4n) is 5.82. The molecule has 3 aromatic rings. The number of rotatable bonds is 4. The number of piperazine rings is 1. The highest BCUT2D eigenvalue weighted by Crippen LogP contribution is 2.33. The lowest BCUT2D eigenvalue weighted by atomic mass is 9.91. The van der Waals surface area contributed by atoms with Gasteiger partial charge < -0.3 is 4.90 Å². The second-order valence-electron chi connectivity index (χ2n) is 9.35. The molecule has 3 aliphatic rings. The van der Waals surface area contributed by atoms with E-state index in [4.69, 9.17) is 15.0 Å². The predicted octanol–water partition coefficient (Wildman–Crippen LogP) is 2.92. The van der Waals surface area contributed by atoms with Crippen LogP contribution in [0.2, 0.25) is 0 Å². The number of anilines is 1. The quantitative estimate of drug-likeness (QED) is 0.651. The van der Waals surface area contributed by atoms with Crippen molar-refractivity contribution in [3.63, 3.8) is 0 Å². The van der Waals surface area contributed by atoms with Crippen molar-refractivity contribution < 1.29 is 0 Å². The molecule has 0 radical (unpaired) electrons. The van der Waals surface area contributed by atoms with Gasteiger partial charge in [0.2, 0.25) is 5.95 Å². The first-order chi connectivity index (χ1) is 15.3. The summed E-state index contributed by atoms with van der Waals surface area (Å²) in [6.07, 6.45) is 12.2. The van der Waals surface area contributed by atoms with E-state index in [-0.39, 0.29) is 0 Å². The molecule has 3 aromatic heterocycles. The Kier molecular flexibility index (Phi) is 4.88. The summed E-state index contributed by atoms with van der Waals surface area (Å²) in [5.41, 5.74) is 4.73. The van der Waals surface area contributed by atoms with Gasteiger partial charge in [0.15, 0.2) is 0 Å². The summed E-state index contributed by atoms with van der Waals surface area (Å²) in [4.78, 5) is 21.9. The van der Waals surface area contributed by atoms with Gasteiger partial charge in [-0.1, -0.05) is 6.07 Å². The van der Waals surface area contributed by atoms with Crippen molar-refractivity contribution in [1.29, 1.82) is 0 Å². The van der Waals surface area contributed by atoms with Gasteiger partial charge in [0.25, 0.3) is 0 Å². The standard InChI is InChI=1S/C24H31N7/c1-28(21-8-2-5-18-6-3-10-25-23(18)21)15-19-16-31-22(27-19)9-11-26-24(31)30-14-13-29-12-4-7-20(29)17-30/h3,6,9-11,16,20-21H,2,4-5,7-8,12-15,17H2,1H3/t20-,21?/m0/s1. The van der Waals surface area contributed by atoms with Gasteiger partial charge in [-0.2, -0.15) is 0 Å². The lowest BCUT2D eigenvalue weighted by molar-refractivity contribution is 0.206. The van der Waals surface area contributed by atoms with Crippen molar-refractivity contribution in [2.75, 3.05) is 38.1 Å². The molecule has 0 bridgehead atoms. The zero-order valence-electron chi connectivity index (χ0n) is 18.3. The second-order valence-corrected chi connectivity index (χ2v) is 9.35. The number of imidazole rings is 1. The molecule has 0 N–H and O–H groups in total. The maximum Gasteiger partial charge on any atom is 0.211 e. The molecule has 0 saturated carbocycles. The van der Waals surface area contributed by atoms with E-state index in [1.165, 1.54) is 37.1 Å². The van der Waals surface area contributed by atoms with Crippen LogP contribution < -0.4 is 4.90 Å². The van der Waals surface area contributed by atoms with Gasteiger partial charge in [-0.3, -0.25) is 19.2 Å². The lowest BCUT2D eigenvalue weighted by Gasteiger charge is -2.38. The van der Waals surface area contributed by atoms with Crippen LogP contribution in [0.5, 0.6) is 0 Å². The summed E-state index contributed by atoms with van der Waals surface area (Å²) >= 11 is 0. The zero-order valence-corrected chi connectivity index (χ0v) is 18.3. The van der Waals surface area contributed by atoms with Gasteiger partial charge in [0.05, 0.1) is 17.4 Å². The average molecular weight is 418 g/mol. The van der Waals surface area contributed by atoms with Gasteiger partial charge in [-0.15, -0.1) is 0 Å². The van der Waals surface area contributed by atoms with E-state index >= 15 is 0 Å². The Labute approximate surface area is 183 Å². The summed E-state index contributed by atoms with van der Waals surface area (Å²) in [7, 11) is 2.21. The molecule has 7 heteroatoms. The minimum atomic E-state index is 0.364. The van der Waals surface area contributed by atoms with Crippen LogP contribution in [0.15, 0.2) is 36.8 Å². The average Bonchev–Trinajstić information content (AvgIpc) is 3.44. The highest BCUT2D eigenvalue weighted by molar-refractivity contribution is 5.48. The van der Waals surface area contributed by atoms with Crippen molar-refractivity contribution in [2.24, 2.45) is 0 Å². The normalized spacial score (nSPS) is 24.0. The predicted molar refractivity (Wildman–Crippen MR) is 121 cm³/mol. The smallest absolute Gasteiger partial charge is 0.211 e. The largest absolute Gasteiger partial charge is 0.339 e. The minimum Gasteiger partial charge on any atom is -0.339 e. The third kappa shape index (κ3) is 3.49. The van der Waals surface area contributed by atoms with Crippen LogP contribution in [-0.2, 0) is 13.0 Å². The van der Waals surface area contributed by atoms with E-state index in [0.29, 0.717) is 12.1 Å². The topological polar surface area (TPSA) is 52.8 Å². The van der Waals surface area contributed by atoms with Crippen LogP contribution in [-0.4, -0.2) is 68.4 Å². The number of pyridine rings is 1. The molecule has 6 rings (SSSR count). The van der Waals surface area contributed by atoms with Crippen LogP contribution >= 0.6 is 0 Å². The SMILES string of the molecule is CN(Cc1cn2c(N3CCN4CCC[C@H]4C3)nccc2n1)C1CCCc2cccnc21. The Balaban J connectivity index is 1.24. The molecule has 2 fully saturated rings. The van der Waals surface area contributed by atoms with Crippen LogP contribution in [0.1, 0.15) is 48.7 Å². The Morgan fingerprint density at radius 2 is 2.03 bits per heavy atom. The molecule has 1 unspecified atom stereocenters. The van der Waals surface area contributed by atoms with Crippen molar-refractivity contribution in [2.45, 2.75) is 50.7 Å². The van der Waals surface area contributed by atoms with E-state index in [0.717, 1.165) is 56.3 Å². The minimum absolute atomic E-state index is 0.364. The molecular weight excluding hydrogens is 386 g/mol. The summed E-state index contributed by atoms with van der Waals surface area (Å²) in [6, 6.07) is 7.36. The van der Waals surface area contributed by atoms with Gasteiger partial charge in [-0.25, -0.2) is 9.97 Å². The molecule has 0 aromatic carbocycles. The second kappa shape index (κ2) is 7.88. The molecule has 0 amide bonds. The number of hydrogen-bond acceptors (Lipinski definition) is 6. The van der Waals surface area contributed by atoms with Gasteiger partial charge in [0, 0.05) is 50.8 Å². The van der Waals surface area contributed by atoms with Crippen molar-refractivity contribution in [3.05, 3.63) is 53.7 Å². The van der Waals surface area contributed by atoms with E-state index in [2.05, 4.69) is 44.5 Å². The van der Waals surface area contributed by atoms with Crippen LogP contribution in [0.4, 0.5) is 5.95 Å². The molecule has 7 nitrogen and oxygen atoms in total. The summed E-state index contributed by atoms with van der Waals surface area (Å²) in [5.74, 6) is 1.04. The van der Waals surface area contributed by atoms with Crippen molar-refractivity contribution in [1.82, 2.24) is 29.2 Å². The summed E-state index contributed by atoms with van der Waals surface area (Å²) < 4.78 is 2.20. The summed E-state index contributed by atoms with van der Waals surface area (Å²) in [6.45, 7) is 5.33. The fraction of sp³-hybridized carbons (Fsp3) is 0.542. The summed E-state index contributed by atoms with van der Waals surface area (Å²) in [5, 5.41) is 0. The maximum atomic E-state index is 4.95. The fourth-order valence-corrected chi connectivity index (χ4v) is 5.82. The molecule has 2 atom stereocenters. The molecule has 162 valence electrons. The monoisotopic (exact) mass is 417 g/mol. The van der Waals surface area contributed by atoms with Crippen LogP contribution in [0, 0.1) is 0 Å². The Hall–Kier alpha value is -2.51. The Bertz CT molecular complexity index is 1080. The molecule has 5 heterocycles. The number of aromatic nitrogens is 4. The van der Waals surface area contributed by atoms with E-state index in [1.807, 2.05) is 18.5 Å². The van der Waals surface area contributed by atoms with E-state index in [9.17, 15) is 0 Å². The van der Waals surface area contributed by atoms with Gasteiger partial charge in [-0.05, 0) is 63.4 Å². The molecule has 31 heavy (non-hydrogen) atoms. The third-order valence-electron chi connectivity index (χ3n) is 7.39. The van der Waals surface area contributed by atoms with Crippen LogP contribution in [0.3, 0.4) is 0 Å². The first-order valence-electron chi connectivity index (χ1n) is 11.7. The lowest BCUT2D eigenvalue weighted by Crippen LogP contribution is -2.50. The molecule has 0 spiro atoms.